The molecule has 8 heteroatoms. The number of hydrogen-bond donors (Lipinski definition) is 2. The van der Waals surface area contributed by atoms with Gasteiger partial charge in [-0.1, -0.05) is 12.1 Å². The summed E-state index contributed by atoms with van der Waals surface area (Å²) in [5.41, 5.74) is 5.04. The van der Waals surface area contributed by atoms with Gasteiger partial charge in [0.2, 0.25) is 0 Å². The zero-order chi connectivity index (χ0) is 15.2. The highest BCUT2D eigenvalue weighted by molar-refractivity contribution is 5.68. The molecular weight excluding hydrogens is 285 g/mol. The Bertz CT molecular complexity index is 826. The van der Waals surface area contributed by atoms with Crippen molar-refractivity contribution in [3.05, 3.63) is 42.1 Å². The van der Waals surface area contributed by atoms with E-state index in [2.05, 4.69) is 10.1 Å². The third kappa shape index (κ3) is 2.24. The lowest BCUT2D eigenvalue weighted by molar-refractivity contribution is -0.136. The van der Waals surface area contributed by atoms with Crippen LogP contribution >= 0.6 is 0 Å². The smallest absolute Gasteiger partial charge is 0.421 e. The van der Waals surface area contributed by atoms with E-state index in [4.69, 9.17) is 5.73 Å². The van der Waals surface area contributed by atoms with Crippen LogP contribution in [-0.4, -0.2) is 19.7 Å². The minimum absolute atomic E-state index is 0.0146. The summed E-state index contributed by atoms with van der Waals surface area (Å²) >= 11 is 0. The van der Waals surface area contributed by atoms with Crippen LogP contribution in [0.4, 0.5) is 19.0 Å². The number of hydrogen-bond acceptors (Lipinski definition) is 4. The Kier molecular flexibility index (Phi) is 2.75. The Labute approximate surface area is 116 Å². The van der Waals surface area contributed by atoms with Crippen LogP contribution in [0.5, 0.6) is 5.75 Å². The van der Waals surface area contributed by atoms with Crippen LogP contribution < -0.4 is 5.73 Å². The number of nitrogens with two attached hydrogens (primary N) is 1. The largest absolute Gasteiger partial charge is 0.508 e. The Balaban J connectivity index is 2.32. The number of nitrogen functional groups attached to an aromatic ring is 1. The van der Waals surface area contributed by atoms with Crippen LogP contribution in [0.25, 0.3) is 16.9 Å². The molecule has 0 amide bonds. The quantitative estimate of drug-likeness (QED) is 0.723. The number of aromatic nitrogens is 3. The molecule has 0 spiro atoms. The lowest BCUT2D eigenvalue weighted by Gasteiger charge is -2.08. The summed E-state index contributed by atoms with van der Waals surface area (Å²) in [6, 6.07) is 7.46. The van der Waals surface area contributed by atoms with E-state index < -0.39 is 11.7 Å². The second-order valence-electron chi connectivity index (χ2n) is 4.41. The number of fused-ring (bicyclic) bond motifs is 1. The van der Waals surface area contributed by atoms with Crippen molar-refractivity contribution in [2.45, 2.75) is 6.18 Å². The lowest BCUT2D eigenvalue weighted by Crippen LogP contribution is -2.07. The van der Waals surface area contributed by atoms with Gasteiger partial charge in [-0.2, -0.15) is 18.3 Å². The van der Waals surface area contributed by atoms with Crippen molar-refractivity contribution in [3.8, 4) is 17.0 Å². The van der Waals surface area contributed by atoms with Gasteiger partial charge in [0.05, 0.1) is 11.9 Å². The van der Waals surface area contributed by atoms with E-state index in [1.54, 1.807) is 12.1 Å². The SMILES string of the molecule is Nc1cc(-c2cccc(O)c2)n2ncc(C(F)(F)F)c2n1. The topological polar surface area (TPSA) is 76.4 Å². The summed E-state index contributed by atoms with van der Waals surface area (Å²) in [7, 11) is 0. The van der Waals surface area contributed by atoms with Crippen molar-refractivity contribution in [3.63, 3.8) is 0 Å². The van der Waals surface area contributed by atoms with E-state index >= 15 is 0 Å². The Morgan fingerprint density at radius 1 is 1.19 bits per heavy atom. The van der Waals surface area contributed by atoms with E-state index in [9.17, 15) is 18.3 Å². The van der Waals surface area contributed by atoms with Gasteiger partial charge < -0.3 is 10.8 Å². The molecule has 2 aromatic heterocycles. The molecule has 0 radical (unpaired) electrons. The van der Waals surface area contributed by atoms with Crippen molar-refractivity contribution in [2.75, 3.05) is 5.73 Å². The molecule has 0 aliphatic carbocycles. The highest BCUT2D eigenvalue weighted by Crippen LogP contribution is 2.34. The fourth-order valence-corrected chi connectivity index (χ4v) is 2.05. The number of anilines is 1. The minimum Gasteiger partial charge on any atom is -0.508 e. The van der Waals surface area contributed by atoms with Crippen LogP contribution in [0.3, 0.4) is 0 Å². The summed E-state index contributed by atoms with van der Waals surface area (Å²) in [6.07, 6.45) is -3.87. The minimum atomic E-state index is -4.57. The van der Waals surface area contributed by atoms with Crippen molar-refractivity contribution in [1.29, 1.82) is 0 Å². The van der Waals surface area contributed by atoms with Crippen molar-refractivity contribution in [1.82, 2.24) is 14.6 Å². The fourth-order valence-electron chi connectivity index (χ4n) is 2.05. The van der Waals surface area contributed by atoms with E-state index in [0.29, 0.717) is 17.5 Å². The molecule has 3 aromatic rings. The number of halogens is 3. The van der Waals surface area contributed by atoms with Gasteiger partial charge in [0.25, 0.3) is 0 Å². The maximum Gasteiger partial charge on any atom is 0.421 e. The number of rotatable bonds is 1. The molecular formula is C13H9F3N4O. The van der Waals surface area contributed by atoms with Crippen molar-refractivity contribution in [2.24, 2.45) is 0 Å². The van der Waals surface area contributed by atoms with Gasteiger partial charge in [0, 0.05) is 11.6 Å². The molecule has 0 unspecified atom stereocenters. The molecule has 2 heterocycles. The van der Waals surface area contributed by atoms with Gasteiger partial charge in [0.1, 0.15) is 17.1 Å². The summed E-state index contributed by atoms with van der Waals surface area (Å²) in [5.74, 6) is -0.0777. The number of aromatic hydroxyl groups is 1. The first-order valence-electron chi connectivity index (χ1n) is 5.87. The Morgan fingerprint density at radius 3 is 2.62 bits per heavy atom. The molecule has 0 aliphatic heterocycles. The average Bonchev–Trinajstić information content (AvgIpc) is 2.81. The van der Waals surface area contributed by atoms with Crippen LogP contribution in [0, 0.1) is 0 Å². The zero-order valence-corrected chi connectivity index (χ0v) is 10.5. The van der Waals surface area contributed by atoms with E-state index in [1.165, 1.54) is 18.2 Å². The van der Waals surface area contributed by atoms with Crippen molar-refractivity contribution < 1.29 is 18.3 Å². The molecule has 0 fully saturated rings. The Hall–Kier alpha value is -2.77. The fraction of sp³-hybridized carbons (Fsp3) is 0.0769. The maximum absolute atomic E-state index is 12.9. The van der Waals surface area contributed by atoms with Gasteiger partial charge in [-0.25, -0.2) is 9.50 Å². The summed E-state index contributed by atoms with van der Waals surface area (Å²) in [4.78, 5) is 3.71. The first-order chi connectivity index (χ1) is 9.86. The van der Waals surface area contributed by atoms with Gasteiger partial charge >= 0.3 is 6.18 Å². The highest BCUT2D eigenvalue weighted by Gasteiger charge is 2.35. The predicted octanol–water partition coefficient (Wildman–Crippen LogP) is 2.70. The molecule has 3 rings (SSSR count). The first-order valence-corrected chi connectivity index (χ1v) is 5.87. The third-order valence-electron chi connectivity index (χ3n) is 2.94. The summed E-state index contributed by atoms with van der Waals surface area (Å²) < 4.78 is 39.8. The zero-order valence-electron chi connectivity index (χ0n) is 10.5. The molecule has 0 bridgehead atoms. The third-order valence-corrected chi connectivity index (χ3v) is 2.94. The molecule has 108 valence electrons. The van der Waals surface area contributed by atoms with Crippen LogP contribution in [0.15, 0.2) is 36.5 Å². The monoisotopic (exact) mass is 294 g/mol. The second kappa shape index (κ2) is 4.37. The lowest BCUT2D eigenvalue weighted by atomic mass is 10.1. The molecule has 0 saturated heterocycles. The summed E-state index contributed by atoms with van der Waals surface area (Å²) in [6.45, 7) is 0. The second-order valence-corrected chi connectivity index (χ2v) is 4.41. The van der Waals surface area contributed by atoms with E-state index in [1.807, 2.05) is 0 Å². The van der Waals surface area contributed by atoms with Gasteiger partial charge in [-0.15, -0.1) is 0 Å². The standard InChI is InChI=1S/C13H9F3N4O/c14-13(15,16)9-6-18-20-10(5-11(17)19-12(9)20)7-2-1-3-8(21)4-7/h1-6,21H,(H2,17,19). The van der Waals surface area contributed by atoms with Gasteiger partial charge in [-0.05, 0) is 12.1 Å². The van der Waals surface area contributed by atoms with Gasteiger partial charge in [-0.3, -0.25) is 0 Å². The molecule has 0 saturated carbocycles. The molecule has 0 atom stereocenters. The van der Waals surface area contributed by atoms with Crippen molar-refractivity contribution >= 4 is 11.5 Å². The molecule has 3 N–H and O–H groups in total. The Morgan fingerprint density at radius 2 is 1.95 bits per heavy atom. The van der Waals surface area contributed by atoms with E-state index in [-0.39, 0.29) is 17.2 Å². The van der Waals surface area contributed by atoms with Crippen LogP contribution in [-0.2, 0) is 6.18 Å². The van der Waals surface area contributed by atoms with Gasteiger partial charge in [0.15, 0.2) is 5.65 Å². The number of phenolic OH excluding ortho intramolecular Hbond substituents is 1. The summed E-state index contributed by atoms with van der Waals surface area (Å²) in [5, 5.41) is 13.2. The number of alkyl halides is 3. The van der Waals surface area contributed by atoms with E-state index in [0.717, 1.165) is 4.52 Å². The number of phenols is 1. The average molecular weight is 294 g/mol. The molecule has 1 aromatic carbocycles. The molecule has 0 aliphatic rings. The maximum atomic E-state index is 12.9. The number of benzene rings is 1. The van der Waals surface area contributed by atoms with Crippen LogP contribution in [0.2, 0.25) is 0 Å². The van der Waals surface area contributed by atoms with Crippen LogP contribution in [0.1, 0.15) is 5.56 Å². The first kappa shape index (κ1) is 13.2. The number of nitrogens with zero attached hydrogens (tertiary/aromatic N) is 3. The highest BCUT2D eigenvalue weighted by atomic mass is 19.4. The molecule has 5 nitrogen and oxygen atoms in total. The normalized spacial score (nSPS) is 12.0. The molecule has 21 heavy (non-hydrogen) atoms. The predicted molar refractivity (Wildman–Crippen MR) is 69.5 cm³/mol.